The van der Waals surface area contributed by atoms with Gasteiger partial charge in [-0.25, -0.2) is 4.98 Å². The summed E-state index contributed by atoms with van der Waals surface area (Å²) < 4.78 is 13.7. The Morgan fingerprint density at radius 3 is 2.88 bits per heavy atom. The highest BCUT2D eigenvalue weighted by atomic mass is 32.1. The van der Waals surface area contributed by atoms with Gasteiger partial charge in [-0.2, -0.15) is 4.39 Å². The zero-order valence-electron chi connectivity index (χ0n) is 18.6. The predicted molar refractivity (Wildman–Crippen MR) is 126 cm³/mol. The van der Waals surface area contributed by atoms with Crippen LogP contribution in [0, 0.1) is 17.0 Å². The number of carboxylic acid groups (broad SMARTS) is 1. The molecule has 1 amide bonds. The molecule has 33 heavy (non-hydrogen) atoms. The van der Waals surface area contributed by atoms with Crippen molar-refractivity contribution in [2.75, 3.05) is 6.54 Å². The van der Waals surface area contributed by atoms with Crippen molar-refractivity contribution in [3.8, 4) is 10.4 Å². The van der Waals surface area contributed by atoms with Gasteiger partial charge in [0, 0.05) is 47.2 Å². The summed E-state index contributed by atoms with van der Waals surface area (Å²) in [7, 11) is 0. The van der Waals surface area contributed by atoms with E-state index in [2.05, 4.69) is 9.97 Å². The van der Waals surface area contributed by atoms with Crippen molar-refractivity contribution in [3.05, 3.63) is 41.3 Å². The first-order chi connectivity index (χ1) is 15.9. The van der Waals surface area contributed by atoms with Gasteiger partial charge in [0.2, 0.25) is 5.91 Å². The highest BCUT2D eigenvalue weighted by Crippen LogP contribution is 2.41. The number of carboxylic acids is 1. The lowest BCUT2D eigenvalue weighted by Crippen LogP contribution is -2.53. The summed E-state index contributed by atoms with van der Waals surface area (Å²) in [5.41, 5.74) is 2.64. The minimum Gasteiger partial charge on any atom is -0.481 e. The third kappa shape index (κ3) is 4.05. The van der Waals surface area contributed by atoms with Crippen LogP contribution in [0.15, 0.2) is 30.6 Å². The average molecular weight is 470 g/mol. The number of fused-ring (bicyclic) bond motifs is 2. The van der Waals surface area contributed by atoms with Gasteiger partial charge in [0.15, 0.2) is 5.13 Å². The zero-order chi connectivity index (χ0) is 23.1. The van der Waals surface area contributed by atoms with E-state index in [9.17, 15) is 19.1 Å². The van der Waals surface area contributed by atoms with Crippen molar-refractivity contribution in [2.24, 2.45) is 11.8 Å². The number of carbonyl (C=O) groups excluding carboxylic acids is 1. The topological polar surface area (TPSA) is 86.3 Å². The second kappa shape index (κ2) is 8.89. The number of hydrogen-bond donors (Lipinski definition) is 2. The quantitative estimate of drug-likeness (QED) is 0.523. The van der Waals surface area contributed by atoms with Crippen LogP contribution in [0.1, 0.15) is 56.9 Å². The number of halogens is 1. The van der Waals surface area contributed by atoms with Crippen LogP contribution >= 0.6 is 11.3 Å². The summed E-state index contributed by atoms with van der Waals surface area (Å²) in [5.74, 6) is -0.980. The lowest BCUT2D eigenvalue weighted by molar-refractivity contribution is -0.152. The van der Waals surface area contributed by atoms with Crippen LogP contribution in [0.2, 0.25) is 0 Å². The molecule has 1 saturated carbocycles. The summed E-state index contributed by atoms with van der Waals surface area (Å²) in [5, 5.41) is 10.4. The number of nitrogens with one attached hydrogen (secondary N) is 1. The van der Waals surface area contributed by atoms with Gasteiger partial charge in [-0.15, -0.1) is 11.3 Å². The number of rotatable bonds is 5. The third-order valence-electron chi connectivity index (χ3n) is 7.45. The van der Waals surface area contributed by atoms with Gasteiger partial charge in [0.05, 0.1) is 5.92 Å². The van der Waals surface area contributed by atoms with Crippen LogP contribution in [0.25, 0.3) is 21.5 Å². The van der Waals surface area contributed by atoms with Gasteiger partial charge < -0.3 is 15.0 Å². The molecule has 3 aromatic rings. The number of hydrogen-bond acceptors (Lipinski definition) is 4. The van der Waals surface area contributed by atoms with Crippen molar-refractivity contribution in [3.63, 3.8) is 0 Å². The molecule has 4 heterocycles. The number of aromatic nitrogens is 2. The van der Waals surface area contributed by atoms with Crippen LogP contribution in [0.3, 0.4) is 0 Å². The van der Waals surface area contributed by atoms with Crippen LogP contribution < -0.4 is 0 Å². The molecule has 2 aliphatic rings. The Morgan fingerprint density at radius 1 is 1.27 bits per heavy atom. The third-order valence-corrected chi connectivity index (χ3v) is 8.36. The first-order valence-corrected chi connectivity index (χ1v) is 12.5. The Morgan fingerprint density at radius 2 is 2.12 bits per heavy atom. The van der Waals surface area contributed by atoms with E-state index in [0.29, 0.717) is 19.4 Å². The average Bonchev–Trinajstić information content (AvgIpc) is 3.44. The van der Waals surface area contributed by atoms with Crippen LogP contribution in [-0.4, -0.2) is 44.4 Å². The SMILES string of the molecule is CC(CC(=O)N1CCCC2C(C(=O)O)CCCC21)c1c[nH]c2nccc(-c3ccc(F)s3)c12. The highest BCUT2D eigenvalue weighted by molar-refractivity contribution is 7.14. The predicted octanol–water partition coefficient (Wildman–Crippen LogP) is 5.42. The number of thiophene rings is 1. The number of piperidine rings is 1. The normalized spacial score (nSPS) is 23.9. The highest BCUT2D eigenvalue weighted by Gasteiger charge is 2.43. The lowest BCUT2D eigenvalue weighted by Gasteiger charge is -2.46. The monoisotopic (exact) mass is 469 g/mol. The van der Waals surface area contributed by atoms with E-state index < -0.39 is 5.97 Å². The maximum absolute atomic E-state index is 13.7. The molecule has 4 atom stereocenters. The van der Waals surface area contributed by atoms with Crippen molar-refractivity contribution in [1.29, 1.82) is 0 Å². The fourth-order valence-electron chi connectivity index (χ4n) is 5.93. The molecule has 1 saturated heterocycles. The summed E-state index contributed by atoms with van der Waals surface area (Å²) in [6.07, 6.45) is 8.16. The minimum atomic E-state index is -0.726. The molecule has 2 fully saturated rings. The molecular formula is C25H28FN3O3S. The van der Waals surface area contributed by atoms with Gasteiger partial charge in [0.25, 0.3) is 0 Å². The van der Waals surface area contributed by atoms with E-state index in [0.717, 1.165) is 64.1 Å². The fraction of sp³-hybridized carbons (Fsp3) is 0.480. The van der Waals surface area contributed by atoms with E-state index in [1.807, 2.05) is 24.1 Å². The van der Waals surface area contributed by atoms with Crippen LogP contribution in [-0.2, 0) is 9.59 Å². The lowest BCUT2D eigenvalue weighted by atomic mass is 9.71. The minimum absolute atomic E-state index is 0.0302. The second-order valence-electron chi connectivity index (χ2n) is 9.37. The molecule has 0 spiro atoms. The van der Waals surface area contributed by atoms with Crippen LogP contribution in [0.5, 0.6) is 0 Å². The molecule has 6 nitrogen and oxygen atoms in total. The molecule has 8 heteroatoms. The Labute approximate surface area is 195 Å². The van der Waals surface area contributed by atoms with Crippen molar-refractivity contribution in [2.45, 2.75) is 57.4 Å². The Kier molecular flexibility index (Phi) is 5.95. The summed E-state index contributed by atoms with van der Waals surface area (Å²) in [4.78, 5) is 35.6. The molecule has 1 aliphatic heterocycles. The van der Waals surface area contributed by atoms with E-state index in [1.165, 1.54) is 6.07 Å². The summed E-state index contributed by atoms with van der Waals surface area (Å²) >= 11 is 1.10. The van der Waals surface area contributed by atoms with Gasteiger partial charge in [-0.3, -0.25) is 9.59 Å². The van der Waals surface area contributed by atoms with Gasteiger partial charge in [0.1, 0.15) is 5.65 Å². The first-order valence-electron chi connectivity index (χ1n) is 11.7. The van der Waals surface area contributed by atoms with Crippen molar-refractivity contribution >= 4 is 34.2 Å². The molecule has 1 aliphatic carbocycles. The fourth-order valence-corrected chi connectivity index (χ4v) is 6.69. The molecule has 0 bridgehead atoms. The number of aliphatic carboxylic acids is 1. The van der Waals surface area contributed by atoms with Crippen LogP contribution in [0.4, 0.5) is 4.39 Å². The number of nitrogens with zero attached hydrogens (tertiary/aromatic N) is 2. The number of carbonyl (C=O) groups is 2. The number of H-pyrrole nitrogens is 1. The van der Waals surface area contributed by atoms with Gasteiger partial charge >= 0.3 is 5.97 Å². The molecule has 4 unspecified atom stereocenters. The summed E-state index contributed by atoms with van der Waals surface area (Å²) in [6.45, 7) is 2.74. The van der Waals surface area contributed by atoms with E-state index >= 15 is 0 Å². The summed E-state index contributed by atoms with van der Waals surface area (Å²) in [6, 6.07) is 5.16. The largest absolute Gasteiger partial charge is 0.481 e. The van der Waals surface area contributed by atoms with E-state index in [1.54, 1.807) is 12.3 Å². The standard InChI is InChI=1S/C25H28FN3O3S/c1-14(12-22(30)29-11-3-5-15-16(25(31)32)4-2-6-19(15)29)18-13-28-24-23(18)17(9-10-27-24)20-7-8-21(26)33-20/h7-10,13-16,19H,2-6,11-12H2,1H3,(H,27,28)(H,31,32). The van der Waals surface area contributed by atoms with Crippen molar-refractivity contribution in [1.82, 2.24) is 14.9 Å². The van der Waals surface area contributed by atoms with Crippen molar-refractivity contribution < 1.29 is 19.1 Å². The Balaban J connectivity index is 1.39. The molecule has 3 aromatic heterocycles. The molecule has 0 aromatic carbocycles. The number of amides is 1. The first kappa shape index (κ1) is 22.1. The Hall–Kier alpha value is -2.74. The zero-order valence-corrected chi connectivity index (χ0v) is 19.4. The number of likely N-dealkylation sites (tertiary alicyclic amines) is 1. The van der Waals surface area contributed by atoms with Gasteiger partial charge in [-0.1, -0.05) is 13.3 Å². The maximum Gasteiger partial charge on any atom is 0.306 e. The molecule has 5 rings (SSSR count). The molecule has 174 valence electrons. The molecule has 2 N–H and O–H groups in total. The van der Waals surface area contributed by atoms with E-state index in [-0.39, 0.29) is 34.8 Å². The second-order valence-corrected chi connectivity index (χ2v) is 10.4. The molecule has 0 radical (unpaired) electrons. The van der Waals surface area contributed by atoms with E-state index in [4.69, 9.17) is 0 Å². The maximum atomic E-state index is 13.7. The molecular weight excluding hydrogens is 441 g/mol. The smallest absolute Gasteiger partial charge is 0.306 e. The van der Waals surface area contributed by atoms with Gasteiger partial charge in [-0.05, 0) is 61.3 Å². The Bertz CT molecular complexity index is 1190. The number of pyridine rings is 1. The number of aromatic amines is 1.